The Labute approximate surface area is 122 Å². The molecule has 0 bridgehead atoms. The summed E-state index contributed by atoms with van der Waals surface area (Å²) in [6.45, 7) is 1.61. The lowest BCUT2D eigenvalue weighted by Crippen LogP contribution is -2.32. The molecule has 0 saturated heterocycles. The first-order valence-electron chi connectivity index (χ1n) is 5.02. The van der Waals surface area contributed by atoms with E-state index in [4.69, 9.17) is 0 Å². The highest BCUT2D eigenvalue weighted by atomic mass is 79.9. The van der Waals surface area contributed by atoms with Crippen LogP contribution >= 0.6 is 27.3 Å². The highest BCUT2D eigenvalue weighted by molar-refractivity contribution is 9.11. The maximum atomic E-state index is 11.7. The summed E-state index contributed by atoms with van der Waals surface area (Å²) >= 11 is 4.65. The molecule has 0 spiro atoms. The van der Waals surface area contributed by atoms with Crippen LogP contribution in [0.3, 0.4) is 0 Å². The van der Waals surface area contributed by atoms with E-state index in [0.29, 0.717) is 16.1 Å². The van der Waals surface area contributed by atoms with Gasteiger partial charge in [0.1, 0.15) is 0 Å². The summed E-state index contributed by atoms with van der Waals surface area (Å²) in [5.74, 6) is -0.782. The maximum absolute atomic E-state index is 11.7. The Hall–Kier alpha value is -1.19. The Morgan fingerprint density at radius 3 is 2.68 bits per heavy atom. The van der Waals surface area contributed by atoms with Crippen LogP contribution in [0.5, 0.6) is 0 Å². The number of halogens is 1. The second-order valence-corrected chi connectivity index (χ2v) is 7.41. The number of esters is 1. The van der Waals surface area contributed by atoms with Gasteiger partial charge in [0.25, 0.3) is 0 Å². The van der Waals surface area contributed by atoms with Crippen molar-refractivity contribution in [2.45, 2.75) is 6.92 Å². The van der Waals surface area contributed by atoms with Crippen molar-refractivity contribution < 1.29 is 17.9 Å². The van der Waals surface area contributed by atoms with Crippen molar-refractivity contribution in [2.75, 3.05) is 7.11 Å². The smallest absolute Gasteiger partial charge is 0.357 e. The van der Waals surface area contributed by atoms with Crippen molar-refractivity contribution in [1.82, 2.24) is 4.72 Å². The third-order valence-electron chi connectivity index (χ3n) is 2.37. The summed E-state index contributed by atoms with van der Waals surface area (Å²) in [5, 5.41) is 0. The molecular weight excluding hydrogens is 356 g/mol. The van der Waals surface area contributed by atoms with E-state index in [1.54, 1.807) is 19.1 Å². The van der Waals surface area contributed by atoms with Crippen LogP contribution in [0.2, 0.25) is 0 Å². The zero-order valence-corrected chi connectivity index (χ0v) is 13.1. The van der Waals surface area contributed by atoms with E-state index in [2.05, 4.69) is 29.8 Å². The summed E-state index contributed by atoms with van der Waals surface area (Å²) in [6, 6.07) is 3.54. The molecule has 0 fully saturated rings. The van der Waals surface area contributed by atoms with E-state index < -0.39 is 16.2 Å². The molecule has 0 atom stereocenters. The first-order chi connectivity index (χ1) is 8.84. The van der Waals surface area contributed by atoms with Gasteiger partial charge in [-0.15, -0.1) is 15.7 Å². The number of hydrogen-bond acceptors (Lipinski definition) is 5. The Bertz CT molecular complexity index is 703. The molecule has 0 amide bonds. The minimum Gasteiger partial charge on any atom is -0.464 e. The average Bonchev–Trinajstić information content (AvgIpc) is 2.77. The number of nitrogens with one attached hydrogen (secondary N) is 1. The van der Waals surface area contributed by atoms with Crippen LogP contribution in [0.25, 0.3) is 5.70 Å². The molecule has 1 aliphatic heterocycles. The molecule has 2 heterocycles. The van der Waals surface area contributed by atoms with Crippen LogP contribution in [0, 0.1) is 0 Å². The second-order valence-electron chi connectivity index (χ2n) is 3.61. The normalized spacial score (nSPS) is 17.7. The van der Waals surface area contributed by atoms with E-state index in [0.717, 1.165) is 3.79 Å². The van der Waals surface area contributed by atoms with Crippen molar-refractivity contribution in [3.63, 3.8) is 0 Å². The number of ether oxygens (including phenoxy) is 1. The van der Waals surface area contributed by atoms with Gasteiger partial charge in [-0.25, -0.2) is 4.79 Å². The van der Waals surface area contributed by atoms with Gasteiger partial charge >= 0.3 is 16.2 Å². The summed E-state index contributed by atoms with van der Waals surface area (Å²) in [7, 11) is -2.76. The van der Waals surface area contributed by atoms with Gasteiger partial charge in [-0.3, -0.25) is 4.72 Å². The number of carbonyl (C=O) groups is 1. The summed E-state index contributed by atoms with van der Waals surface area (Å²) in [4.78, 5) is 12.2. The van der Waals surface area contributed by atoms with Crippen LogP contribution in [0.1, 0.15) is 11.8 Å². The molecule has 1 aliphatic rings. The number of nitrogens with zero attached hydrogens (tertiary/aromatic N) is 1. The van der Waals surface area contributed by atoms with Crippen molar-refractivity contribution in [3.8, 4) is 0 Å². The summed E-state index contributed by atoms with van der Waals surface area (Å²) in [6.07, 6.45) is 0. The lowest BCUT2D eigenvalue weighted by Gasteiger charge is -2.17. The molecule has 19 heavy (non-hydrogen) atoms. The first kappa shape index (κ1) is 14.2. The maximum Gasteiger partial charge on any atom is 0.357 e. The molecule has 6 nitrogen and oxygen atoms in total. The van der Waals surface area contributed by atoms with Gasteiger partial charge in [0.2, 0.25) is 0 Å². The van der Waals surface area contributed by atoms with Crippen molar-refractivity contribution in [1.29, 1.82) is 0 Å². The Balaban J connectivity index is 2.59. The Kier molecular flexibility index (Phi) is 3.79. The molecule has 102 valence electrons. The van der Waals surface area contributed by atoms with Crippen LogP contribution in [-0.2, 0) is 19.7 Å². The molecule has 9 heteroatoms. The van der Waals surface area contributed by atoms with E-state index in [9.17, 15) is 13.2 Å². The predicted octanol–water partition coefficient (Wildman–Crippen LogP) is 1.70. The molecule has 1 aromatic rings. The molecule has 1 aromatic heterocycles. The van der Waals surface area contributed by atoms with E-state index in [1.165, 1.54) is 18.4 Å². The minimum absolute atomic E-state index is 0.208. The average molecular weight is 365 g/mol. The SMILES string of the molecule is COC(=O)C1=NS(=O)(=O)NC(c2ccc(Br)s2)=C1C. The predicted molar refractivity (Wildman–Crippen MR) is 76.1 cm³/mol. The molecule has 0 unspecified atom stereocenters. The minimum atomic E-state index is -3.94. The monoisotopic (exact) mass is 364 g/mol. The molecule has 1 N–H and O–H groups in total. The zero-order valence-electron chi connectivity index (χ0n) is 9.93. The zero-order chi connectivity index (χ0) is 14.2. The second kappa shape index (κ2) is 5.06. The summed E-state index contributed by atoms with van der Waals surface area (Å²) < 4.78 is 34.4. The van der Waals surface area contributed by atoms with Crippen LogP contribution in [0.15, 0.2) is 25.9 Å². The largest absolute Gasteiger partial charge is 0.464 e. The van der Waals surface area contributed by atoms with Crippen LogP contribution in [-0.4, -0.2) is 27.2 Å². The lowest BCUT2D eigenvalue weighted by molar-refractivity contribution is -0.132. The molecule has 0 aromatic carbocycles. The molecule has 0 saturated carbocycles. The highest BCUT2D eigenvalue weighted by Gasteiger charge is 2.29. The third-order valence-corrected chi connectivity index (χ3v) is 4.90. The first-order valence-corrected chi connectivity index (χ1v) is 8.07. The number of carbonyl (C=O) groups excluding carboxylic acids is 1. The van der Waals surface area contributed by atoms with Gasteiger partial charge in [-0.2, -0.15) is 8.42 Å². The van der Waals surface area contributed by atoms with E-state index in [-0.39, 0.29) is 5.71 Å². The molecule has 0 radical (unpaired) electrons. The van der Waals surface area contributed by atoms with Gasteiger partial charge in [0.15, 0.2) is 5.71 Å². The summed E-state index contributed by atoms with van der Waals surface area (Å²) in [5.41, 5.74) is 0.558. The van der Waals surface area contributed by atoms with E-state index in [1.807, 2.05) is 0 Å². The molecular formula is C10H9BrN2O4S2. The van der Waals surface area contributed by atoms with Crippen molar-refractivity contribution in [2.24, 2.45) is 4.40 Å². The van der Waals surface area contributed by atoms with Crippen LogP contribution in [0.4, 0.5) is 0 Å². The Morgan fingerprint density at radius 2 is 2.16 bits per heavy atom. The van der Waals surface area contributed by atoms with Gasteiger partial charge in [-0.1, -0.05) is 0 Å². The quantitative estimate of drug-likeness (QED) is 0.809. The topological polar surface area (TPSA) is 84.8 Å². The molecule has 2 rings (SSSR count). The Morgan fingerprint density at radius 1 is 1.47 bits per heavy atom. The lowest BCUT2D eigenvalue weighted by atomic mass is 10.1. The fourth-order valence-electron chi connectivity index (χ4n) is 1.51. The van der Waals surface area contributed by atoms with Gasteiger partial charge in [0, 0.05) is 5.57 Å². The number of thiophene rings is 1. The highest BCUT2D eigenvalue weighted by Crippen LogP contribution is 2.31. The standard InChI is InChI=1S/C10H9BrN2O4S2/c1-5-8(6-3-4-7(11)18-6)12-19(15,16)13-9(5)10(14)17-2/h3-4,12H,1-2H3. The van der Waals surface area contributed by atoms with Crippen molar-refractivity contribution in [3.05, 3.63) is 26.4 Å². The number of rotatable bonds is 2. The number of hydrogen-bond donors (Lipinski definition) is 1. The molecule has 0 aliphatic carbocycles. The fraction of sp³-hybridized carbons (Fsp3) is 0.200. The van der Waals surface area contributed by atoms with E-state index >= 15 is 0 Å². The fourth-order valence-corrected chi connectivity index (χ4v) is 4.03. The third kappa shape index (κ3) is 2.88. The van der Waals surface area contributed by atoms with Gasteiger partial charge in [0.05, 0.1) is 21.5 Å². The van der Waals surface area contributed by atoms with Crippen molar-refractivity contribution >= 4 is 54.9 Å². The van der Waals surface area contributed by atoms with Gasteiger partial charge < -0.3 is 4.74 Å². The van der Waals surface area contributed by atoms with Crippen LogP contribution < -0.4 is 4.72 Å². The number of methoxy groups -OCH3 is 1. The van der Waals surface area contributed by atoms with Gasteiger partial charge in [-0.05, 0) is 35.0 Å².